The first kappa shape index (κ1) is 9.22. The molecule has 0 bridgehead atoms. The van der Waals surface area contributed by atoms with Crippen LogP contribution in [0.2, 0.25) is 0 Å². The Balaban J connectivity index is 2.17. The van der Waals surface area contributed by atoms with Crippen molar-refractivity contribution < 1.29 is 4.79 Å². The summed E-state index contributed by atoms with van der Waals surface area (Å²) in [6.45, 7) is 0. The van der Waals surface area contributed by atoms with Crippen molar-refractivity contribution in [1.29, 1.82) is 0 Å². The zero-order valence-electron chi connectivity index (χ0n) is 7.92. The van der Waals surface area contributed by atoms with Crippen LogP contribution >= 0.6 is 0 Å². The van der Waals surface area contributed by atoms with Gasteiger partial charge in [-0.25, -0.2) is 4.98 Å². The van der Waals surface area contributed by atoms with Crippen LogP contribution in [-0.4, -0.2) is 15.5 Å². The molecule has 2 aromatic rings. The summed E-state index contributed by atoms with van der Waals surface area (Å²) < 4.78 is 1.34. The van der Waals surface area contributed by atoms with Gasteiger partial charge in [-0.2, -0.15) is 0 Å². The number of benzene rings is 1. The molecule has 0 unspecified atom stereocenters. The average Bonchev–Trinajstić information content (AvgIpc) is 2.81. The molecule has 0 saturated carbocycles. The molecule has 3 heteroatoms. The lowest BCUT2D eigenvalue weighted by Crippen LogP contribution is -2.04. The molecule has 1 heterocycles. The fraction of sp³-hybridized carbons (Fsp3) is 0. The molecule has 0 amide bonds. The van der Waals surface area contributed by atoms with Crippen LogP contribution in [0.4, 0.5) is 0 Å². The third-order valence-corrected chi connectivity index (χ3v) is 1.83. The number of hydrogen-bond donors (Lipinski definition) is 0. The Morgan fingerprint density at radius 2 is 2.07 bits per heavy atom. The lowest BCUT2D eigenvalue weighted by molar-refractivity contribution is 0.0979. The van der Waals surface area contributed by atoms with E-state index >= 15 is 0 Å². The largest absolute Gasteiger partial charge is 0.308 e. The van der Waals surface area contributed by atoms with Crippen LogP contribution in [-0.2, 0) is 0 Å². The first-order valence-electron chi connectivity index (χ1n) is 4.45. The molecule has 3 nitrogen and oxygen atoms in total. The minimum atomic E-state index is -0.281. The molecule has 0 radical (unpaired) electrons. The molecule has 0 saturated heterocycles. The van der Waals surface area contributed by atoms with Gasteiger partial charge in [-0.05, 0) is 12.1 Å². The van der Waals surface area contributed by atoms with Crippen molar-refractivity contribution in [3.05, 3.63) is 54.6 Å². The Bertz CT molecular complexity index is 504. The number of aromatic nitrogens is 2. The van der Waals surface area contributed by atoms with Crippen molar-refractivity contribution in [2.45, 2.75) is 0 Å². The molecule has 0 N–H and O–H groups in total. The second-order valence-electron chi connectivity index (χ2n) is 2.89. The quantitative estimate of drug-likeness (QED) is 0.599. The minimum Gasteiger partial charge on any atom is -0.265 e. The average molecular weight is 196 g/mol. The fourth-order valence-corrected chi connectivity index (χ4v) is 1.09. The molecule has 0 aliphatic carbocycles. The van der Waals surface area contributed by atoms with E-state index in [1.165, 1.54) is 10.9 Å². The van der Waals surface area contributed by atoms with E-state index in [0.29, 0.717) is 0 Å². The van der Waals surface area contributed by atoms with Crippen molar-refractivity contribution in [2.75, 3.05) is 0 Å². The van der Waals surface area contributed by atoms with E-state index in [9.17, 15) is 4.79 Å². The highest BCUT2D eigenvalue weighted by Crippen LogP contribution is 1.95. The van der Waals surface area contributed by atoms with Crippen molar-refractivity contribution in [1.82, 2.24) is 9.55 Å². The summed E-state index contributed by atoms with van der Waals surface area (Å²) in [5.41, 5.74) is 0.825. The third-order valence-electron chi connectivity index (χ3n) is 1.83. The topological polar surface area (TPSA) is 34.9 Å². The third kappa shape index (κ3) is 2.32. The highest BCUT2D eigenvalue weighted by molar-refractivity contribution is 5.95. The number of carbonyl (C=O) groups excluding carboxylic acids is 1. The number of hydrogen-bond acceptors (Lipinski definition) is 2. The van der Waals surface area contributed by atoms with Gasteiger partial charge >= 0.3 is 5.91 Å². The second kappa shape index (κ2) is 4.25. The van der Waals surface area contributed by atoms with Crippen molar-refractivity contribution in [2.24, 2.45) is 0 Å². The van der Waals surface area contributed by atoms with Crippen molar-refractivity contribution in [3.63, 3.8) is 0 Å². The van der Waals surface area contributed by atoms with E-state index in [-0.39, 0.29) is 5.91 Å². The van der Waals surface area contributed by atoms with Gasteiger partial charge in [0.15, 0.2) is 0 Å². The summed E-state index contributed by atoms with van der Waals surface area (Å²) in [5, 5.41) is 0. The van der Waals surface area contributed by atoms with E-state index in [4.69, 9.17) is 0 Å². The summed E-state index contributed by atoms with van der Waals surface area (Å²) in [5.74, 6) is 5.04. The number of imidazole rings is 1. The van der Waals surface area contributed by atoms with Crippen LogP contribution in [0.15, 0.2) is 49.1 Å². The number of carbonyl (C=O) groups is 1. The highest BCUT2D eigenvalue weighted by atomic mass is 16.1. The Morgan fingerprint density at radius 3 is 2.73 bits per heavy atom. The number of nitrogens with zero attached hydrogens (tertiary/aromatic N) is 2. The maximum atomic E-state index is 11.4. The van der Waals surface area contributed by atoms with Gasteiger partial charge in [-0.15, -0.1) is 0 Å². The maximum Gasteiger partial charge on any atom is 0.308 e. The van der Waals surface area contributed by atoms with Gasteiger partial charge < -0.3 is 0 Å². The monoisotopic (exact) mass is 196 g/mol. The maximum absolute atomic E-state index is 11.4. The summed E-state index contributed by atoms with van der Waals surface area (Å²) in [4.78, 5) is 15.2. The predicted molar refractivity (Wildman–Crippen MR) is 56.2 cm³/mol. The summed E-state index contributed by atoms with van der Waals surface area (Å²) in [6.07, 6.45) is 4.55. The van der Waals surface area contributed by atoms with Crippen molar-refractivity contribution in [3.8, 4) is 11.8 Å². The van der Waals surface area contributed by atoms with Gasteiger partial charge in [0.05, 0.1) is 0 Å². The van der Waals surface area contributed by atoms with Crippen LogP contribution in [0.25, 0.3) is 0 Å². The molecule has 1 aromatic carbocycles. The summed E-state index contributed by atoms with van der Waals surface area (Å²) in [6, 6.07) is 9.38. The molecule has 0 aliphatic rings. The van der Waals surface area contributed by atoms with Crippen LogP contribution in [0.1, 0.15) is 10.4 Å². The van der Waals surface area contributed by atoms with Crippen LogP contribution < -0.4 is 0 Å². The van der Waals surface area contributed by atoms with Gasteiger partial charge in [0, 0.05) is 23.9 Å². The van der Waals surface area contributed by atoms with Gasteiger partial charge in [0.1, 0.15) is 6.33 Å². The van der Waals surface area contributed by atoms with Gasteiger partial charge in [-0.3, -0.25) is 9.36 Å². The van der Waals surface area contributed by atoms with Crippen LogP contribution in [0.5, 0.6) is 0 Å². The molecular formula is C12H8N2O. The summed E-state index contributed by atoms with van der Waals surface area (Å²) in [7, 11) is 0. The molecule has 2 rings (SSSR count). The molecule has 0 aliphatic heterocycles. The van der Waals surface area contributed by atoms with E-state index in [1.807, 2.05) is 30.3 Å². The smallest absolute Gasteiger partial charge is 0.265 e. The fourth-order valence-electron chi connectivity index (χ4n) is 1.09. The molecule has 15 heavy (non-hydrogen) atoms. The Kier molecular flexibility index (Phi) is 2.61. The zero-order chi connectivity index (χ0) is 10.5. The van der Waals surface area contributed by atoms with E-state index in [0.717, 1.165) is 5.56 Å². The minimum absolute atomic E-state index is 0.281. The molecule has 1 aromatic heterocycles. The summed E-state index contributed by atoms with van der Waals surface area (Å²) >= 11 is 0. The Labute approximate surface area is 87.4 Å². The lowest BCUT2D eigenvalue weighted by atomic mass is 10.2. The zero-order valence-corrected chi connectivity index (χ0v) is 7.92. The Morgan fingerprint density at radius 1 is 1.27 bits per heavy atom. The predicted octanol–water partition coefficient (Wildman–Crippen LogP) is 1.57. The van der Waals surface area contributed by atoms with E-state index < -0.39 is 0 Å². The SMILES string of the molecule is O=C(C#Cc1ccccc1)n1ccnc1. The van der Waals surface area contributed by atoms with E-state index in [1.54, 1.807) is 12.4 Å². The molecule has 0 atom stereocenters. The molecular weight excluding hydrogens is 188 g/mol. The van der Waals surface area contributed by atoms with Gasteiger partial charge in [-0.1, -0.05) is 24.1 Å². The van der Waals surface area contributed by atoms with Crippen molar-refractivity contribution >= 4 is 5.91 Å². The van der Waals surface area contributed by atoms with Gasteiger partial charge in [0.2, 0.25) is 0 Å². The lowest BCUT2D eigenvalue weighted by Gasteiger charge is -1.89. The number of rotatable bonds is 0. The van der Waals surface area contributed by atoms with Crippen LogP contribution in [0.3, 0.4) is 0 Å². The normalized spacial score (nSPS) is 9.07. The Hall–Kier alpha value is -2.34. The first-order chi connectivity index (χ1) is 7.36. The molecule has 0 fully saturated rings. The molecule has 72 valence electrons. The molecule has 0 spiro atoms. The second-order valence-corrected chi connectivity index (χ2v) is 2.89. The highest BCUT2D eigenvalue weighted by Gasteiger charge is 1.96. The van der Waals surface area contributed by atoms with Gasteiger partial charge in [0.25, 0.3) is 0 Å². The van der Waals surface area contributed by atoms with E-state index in [2.05, 4.69) is 16.8 Å². The van der Waals surface area contributed by atoms with Crippen LogP contribution in [0, 0.1) is 11.8 Å². The standard InChI is InChI=1S/C12H8N2O/c15-12(14-9-8-13-10-14)7-6-11-4-2-1-3-5-11/h1-5,8-10H. The first-order valence-corrected chi connectivity index (χ1v) is 4.45.